The summed E-state index contributed by atoms with van der Waals surface area (Å²) >= 11 is 0. The van der Waals surface area contributed by atoms with Crippen LogP contribution in [0.1, 0.15) is 18.2 Å². The second-order valence-corrected chi connectivity index (χ2v) is 7.86. The highest BCUT2D eigenvalue weighted by Crippen LogP contribution is 2.27. The van der Waals surface area contributed by atoms with E-state index in [2.05, 4.69) is 9.71 Å². The molecule has 0 bridgehead atoms. The first-order valence-corrected chi connectivity index (χ1v) is 10.2. The van der Waals surface area contributed by atoms with Gasteiger partial charge in [0.15, 0.2) is 0 Å². The smallest absolute Gasteiger partial charge is 0.263 e. The van der Waals surface area contributed by atoms with Crippen molar-refractivity contribution in [3.05, 3.63) is 71.9 Å². The molecule has 0 unspecified atom stereocenters. The van der Waals surface area contributed by atoms with E-state index < -0.39 is 10.0 Å². The summed E-state index contributed by atoms with van der Waals surface area (Å²) in [6, 6.07) is 18.2. The first-order chi connectivity index (χ1) is 12.9. The maximum absolute atomic E-state index is 12.7. The third-order valence-corrected chi connectivity index (χ3v) is 5.61. The van der Waals surface area contributed by atoms with E-state index in [4.69, 9.17) is 4.74 Å². The summed E-state index contributed by atoms with van der Waals surface area (Å²) in [5.41, 5.74) is 3.36. The van der Waals surface area contributed by atoms with Crippen LogP contribution in [0, 0.1) is 13.8 Å². The van der Waals surface area contributed by atoms with Gasteiger partial charge in [-0.05, 0) is 67.8 Å². The number of sulfonamides is 1. The lowest BCUT2D eigenvalue weighted by Crippen LogP contribution is -2.15. The number of aromatic nitrogens is 1. The van der Waals surface area contributed by atoms with E-state index in [1.165, 1.54) is 0 Å². The molecule has 0 fully saturated rings. The van der Waals surface area contributed by atoms with Crippen molar-refractivity contribution >= 4 is 15.8 Å². The van der Waals surface area contributed by atoms with E-state index in [1.807, 2.05) is 50.2 Å². The molecular formula is C21H22N2O3S. The van der Waals surface area contributed by atoms with Crippen LogP contribution in [0.4, 0.5) is 5.82 Å². The number of anilines is 1. The SMILES string of the molecule is CCOc1ccc(-c2ccc(S(=O)(=O)Nc3cccc(C)n3)c(C)c2)cc1. The van der Waals surface area contributed by atoms with Crippen LogP contribution < -0.4 is 9.46 Å². The van der Waals surface area contributed by atoms with Crippen LogP contribution in [0.25, 0.3) is 11.1 Å². The molecule has 1 N–H and O–H groups in total. The van der Waals surface area contributed by atoms with E-state index in [0.717, 1.165) is 22.6 Å². The molecule has 0 radical (unpaired) electrons. The summed E-state index contributed by atoms with van der Waals surface area (Å²) in [5, 5.41) is 0. The Morgan fingerprint density at radius 2 is 1.67 bits per heavy atom. The average Bonchev–Trinajstić information content (AvgIpc) is 2.62. The monoisotopic (exact) mass is 382 g/mol. The van der Waals surface area contributed by atoms with Crippen LogP contribution in [0.3, 0.4) is 0 Å². The van der Waals surface area contributed by atoms with Crippen molar-refractivity contribution in [3.63, 3.8) is 0 Å². The van der Waals surface area contributed by atoms with Gasteiger partial charge in [0.1, 0.15) is 11.6 Å². The first kappa shape index (κ1) is 18.9. The van der Waals surface area contributed by atoms with Crippen molar-refractivity contribution in [1.29, 1.82) is 0 Å². The van der Waals surface area contributed by atoms with Gasteiger partial charge in [-0.25, -0.2) is 13.4 Å². The second-order valence-electron chi connectivity index (χ2n) is 6.21. The maximum Gasteiger partial charge on any atom is 0.263 e. The van der Waals surface area contributed by atoms with Crippen molar-refractivity contribution in [2.75, 3.05) is 11.3 Å². The van der Waals surface area contributed by atoms with Crippen molar-refractivity contribution in [3.8, 4) is 16.9 Å². The molecule has 3 aromatic rings. The Bertz CT molecular complexity index is 1050. The van der Waals surface area contributed by atoms with Crippen molar-refractivity contribution in [2.45, 2.75) is 25.7 Å². The number of rotatable bonds is 6. The Morgan fingerprint density at radius 3 is 2.30 bits per heavy atom. The summed E-state index contributed by atoms with van der Waals surface area (Å²) in [4.78, 5) is 4.44. The predicted molar refractivity (Wildman–Crippen MR) is 108 cm³/mol. The molecule has 5 nitrogen and oxygen atoms in total. The van der Waals surface area contributed by atoms with Gasteiger partial charge in [-0.15, -0.1) is 0 Å². The van der Waals surface area contributed by atoms with Crippen LogP contribution in [0.5, 0.6) is 5.75 Å². The molecule has 2 aromatic carbocycles. The molecule has 27 heavy (non-hydrogen) atoms. The molecule has 3 rings (SSSR count). The fourth-order valence-electron chi connectivity index (χ4n) is 2.83. The number of aryl methyl sites for hydroxylation is 2. The molecular weight excluding hydrogens is 360 g/mol. The number of ether oxygens (including phenoxy) is 1. The fraction of sp³-hybridized carbons (Fsp3) is 0.190. The summed E-state index contributed by atoms with van der Waals surface area (Å²) in [5.74, 6) is 1.12. The van der Waals surface area contributed by atoms with Crippen LogP contribution in [-0.2, 0) is 10.0 Å². The number of nitrogens with zero attached hydrogens (tertiary/aromatic N) is 1. The zero-order valence-corrected chi connectivity index (χ0v) is 16.4. The standard InChI is InChI=1S/C21H22N2O3S/c1-4-26-19-11-8-17(9-12-19)18-10-13-20(15(2)14-18)27(24,25)23-21-7-5-6-16(3)22-21/h5-14H,4H2,1-3H3,(H,22,23). The quantitative estimate of drug-likeness (QED) is 0.678. The maximum atomic E-state index is 12.7. The molecule has 0 saturated carbocycles. The topological polar surface area (TPSA) is 68.3 Å². The lowest BCUT2D eigenvalue weighted by atomic mass is 10.0. The molecule has 0 aliphatic heterocycles. The zero-order chi connectivity index (χ0) is 19.4. The van der Waals surface area contributed by atoms with Crippen molar-refractivity contribution in [1.82, 2.24) is 4.98 Å². The minimum atomic E-state index is -3.71. The Morgan fingerprint density at radius 1 is 0.963 bits per heavy atom. The highest BCUT2D eigenvalue weighted by Gasteiger charge is 2.18. The lowest BCUT2D eigenvalue weighted by molar-refractivity contribution is 0.340. The van der Waals surface area contributed by atoms with E-state index in [9.17, 15) is 8.42 Å². The van der Waals surface area contributed by atoms with Crippen LogP contribution in [0.15, 0.2) is 65.6 Å². The first-order valence-electron chi connectivity index (χ1n) is 8.69. The second kappa shape index (κ2) is 7.80. The Balaban J connectivity index is 1.87. The highest BCUT2D eigenvalue weighted by atomic mass is 32.2. The molecule has 1 heterocycles. The number of hydrogen-bond acceptors (Lipinski definition) is 4. The van der Waals surface area contributed by atoms with Gasteiger partial charge in [0.05, 0.1) is 11.5 Å². The summed E-state index contributed by atoms with van der Waals surface area (Å²) < 4.78 is 33.5. The number of hydrogen-bond donors (Lipinski definition) is 1. The molecule has 0 aliphatic rings. The Kier molecular flexibility index (Phi) is 5.46. The van der Waals surface area contributed by atoms with E-state index >= 15 is 0 Å². The number of nitrogens with one attached hydrogen (secondary N) is 1. The predicted octanol–water partition coefficient (Wildman–Crippen LogP) is 4.56. The van der Waals surface area contributed by atoms with Crippen LogP contribution in [-0.4, -0.2) is 20.0 Å². The van der Waals surface area contributed by atoms with Crippen LogP contribution >= 0.6 is 0 Å². The lowest BCUT2D eigenvalue weighted by Gasteiger charge is -2.12. The largest absolute Gasteiger partial charge is 0.494 e. The van der Waals surface area contributed by atoms with Gasteiger partial charge in [-0.2, -0.15) is 0 Å². The Labute approximate surface area is 160 Å². The third-order valence-electron chi connectivity index (χ3n) is 4.09. The highest BCUT2D eigenvalue weighted by molar-refractivity contribution is 7.92. The van der Waals surface area contributed by atoms with Crippen molar-refractivity contribution < 1.29 is 13.2 Å². The molecule has 1 aromatic heterocycles. The van der Waals surface area contributed by atoms with Crippen LogP contribution in [0.2, 0.25) is 0 Å². The van der Waals surface area contributed by atoms with Gasteiger partial charge in [0, 0.05) is 5.69 Å². The average molecular weight is 382 g/mol. The van der Waals surface area contributed by atoms with Gasteiger partial charge >= 0.3 is 0 Å². The van der Waals surface area contributed by atoms with Gasteiger partial charge < -0.3 is 4.74 Å². The summed E-state index contributed by atoms with van der Waals surface area (Å²) in [6.45, 7) is 6.16. The summed E-state index contributed by atoms with van der Waals surface area (Å²) in [7, 11) is -3.71. The molecule has 0 atom stereocenters. The van der Waals surface area contributed by atoms with E-state index in [-0.39, 0.29) is 4.90 Å². The molecule has 0 aliphatic carbocycles. The zero-order valence-electron chi connectivity index (χ0n) is 15.6. The summed E-state index contributed by atoms with van der Waals surface area (Å²) in [6.07, 6.45) is 0. The van der Waals surface area contributed by atoms with Gasteiger partial charge in [0.25, 0.3) is 10.0 Å². The molecule has 0 saturated heterocycles. The fourth-order valence-corrected chi connectivity index (χ4v) is 4.06. The molecule has 0 spiro atoms. The normalized spacial score (nSPS) is 11.2. The molecule has 6 heteroatoms. The van der Waals surface area contributed by atoms with Gasteiger partial charge in [-0.1, -0.05) is 30.3 Å². The minimum Gasteiger partial charge on any atom is -0.494 e. The molecule has 140 valence electrons. The van der Waals surface area contributed by atoms with Gasteiger partial charge in [-0.3, -0.25) is 4.72 Å². The third kappa shape index (κ3) is 4.46. The van der Waals surface area contributed by atoms with Crippen molar-refractivity contribution in [2.24, 2.45) is 0 Å². The number of pyridine rings is 1. The number of benzene rings is 2. The minimum absolute atomic E-state index is 0.237. The Hall–Kier alpha value is -2.86. The molecule has 0 amide bonds. The van der Waals surface area contributed by atoms with E-state index in [0.29, 0.717) is 18.0 Å². The van der Waals surface area contributed by atoms with E-state index in [1.54, 1.807) is 31.2 Å². The van der Waals surface area contributed by atoms with Gasteiger partial charge in [0.2, 0.25) is 0 Å².